The molecule has 0 atom stereocenters. The summed E-state index contributed by atoms with van der Waals surface area (Å²) in [5, 5.41) is 1.07. The van der Waals surface area contributed by atoms with E-state index >= 15 is 0 Å². The predicted octanol–water partition coefficient (Wildman–Crippen LogP) is 4.00. The van der Waals surface area contributed by atoms with Crippen LogP contribution < -0.4 is 4.90 Å². The van der Waals surface area contributed by atoms with E-state index in [4.69, 9.17) is 4.98 Å². The van der Waals surface area contributed by atoms with Crippen molar-refractivity contribution in [2.24, 2.45) is 0 Å². The van der Waals surface area contributed by atoms with Crippen molar-refractivity contribution in [3.05, 3.63) is 78.5 Å². The minimum Gasteiger partial charge on any atom is -0.339 e. The lowest BCUT2D eigenvalue weighted by atomic mass is 9.89. The van der Waals surface area contributed by atoms with Gasteiger partial charge < -0.3 is 4.90 Å². The van der Waals surface area contributed by atoms with E-state index in [9.17, 15) is 0 Å². The minimum absolute atomic E-state index is 0.359. The van der Waals surface area contributed by atoms with Crippen LogP contribution in [0.5, 0.6) is 0 Å². The van der Waals surface area contributed by atoms with E-state index in [0.29, 0.717) is 5.92 Å². The van der Waals surface area contributed by atoms with Crippen molar-refractivity contribution in [2.45, 2.75) is 12.8 Å². The summed E-state index contributed by atoms with van der Waals surface area (Å²) in [6.07, 6.45) is 5.47. The molecule has 4 aromatic rings. The monoisotopic (exact) mass is 353 g/mol. The Bertz CT molecular complexity index is 1120. The highest BCUT2D eigenvalue weighted by atomic mass is 15.3. The first-order valence-corrected chi connectivity index (χ1v) is 9.12. The quantitative estimate of drug-likeness (QED) is 0.557. The fraction of sp³-hybridized carbons (Fsp3) is 0.182. The van der Waals surface area contributed by atoms with Gasteiger partial charge in [-0.25, -0.2) is 19.9 Å². The normalized spacial score (nSPS) is 14.3. The van der Waals surface area contributed by atoms with Gasteiger partial charge in [-0.15, -0.1) is 0 Å². The molecule has 1 aliphatic rings. The molecule has 2 aromatic heterocycles. The number of anilines is 1. The van der Waals surface area contributed by atoms with Crippen molar-refractivity contribution in [2.75, 3.05) is 18.0 Å². The summed E-state index contributed by atoms with van der Waals surface area (Å²) in [6.45, 7) is 3.87. The summed E-state index contributed by atoms with van der Waals surface area (Å²) >= 11 is 0. The molecule has 5 nitrogen and oxygen atoms in total. The molecule has 1 aliphatic heterocycles. The topological polar surface area (TPSA) is 54.8 Å². The zero-order chi connectivity index (χ0) is 18.2. The molecular weight excluding hydrogens is 334 g/mol. The molecule has 2 aromatic carbocycles. The molecular formula is C22H19N5. The first-order chi connectivity index (χ1) is 13.3. The summed E-state index contributed by atoms with van der Waals surface area (Å²) in [6, 6.07) is 16.5. The van der Waals surface area contributed by atoms with Gasteiger partial charge in [0.05, 0.1) is 11.2 Å². The Kier molecular flexibility index (Phi) is 3.78. The number of rotatable bonds is 3. The van der Waals surface area contributed by atoms with Crippen molar-refractivity contribution in [3.63, 3.8) is 0 Å². The van der Waals surface area contributed by atoms with Crippen LogP contribution in [0, 0.1) is 6.92 Å². The number of hydrogen-bond donors (Lipinski definition) is 0. The summed E-state index contributed by atoms with van der Waals surface area (Å²) in [5.41, 5.74) is 5.65. The van der Waals surface area contributed by atoms with Crippen molar-refractivity contribution < 1.29 is 0 Å². The summed E-state index contributed by atoms with van der Waals surface area (Å²) in [5.74, 6) is 1.15. The number of aromatic nitrogens is 4. The highest BCUT2D eigenvalue weighted by Crippen LogP contribution is 2.35. The number of benzene rings is 2. The average Bonchev–Trinajstić information content (AvgIpc) is 2.68. The molecule has 5 heteroatoms. The number of fused-ring (bicyclic) bond motifs is 1. The highest BCUT2D eigenvalue weighted by Gasteiger charge is 2.33. The van der Waals surface area contributed by atoms with Gasteiger partial charge in [0.2, 0.25) is 5.95 Å². The van der Waals surface area contributed by atoms with Crippen molar-refractivity contribution in [3.8, 4) is 11.1 Å². The molecule has 0 N–H and O–H groups in total. The van der Waals surface area contributed by atoms with Gasteiger partial charge in [0, 0.05) is 42.4 Å². The van der Waals surface area contributed by atoms with Crippen LogP contribution in [0.2, 0.25) is 0 Å². The third-order valence-electron chi connectivity index (χ3n) is 5.21. The number of hydrogen-bond acceptors (Lipinski definition) is 5. The summed E-state index contributed by atoms with van der Waals surface area (Å²) < 4.78 is 0. The summed E-state index contributed by atoms with van der Waals surface area (Å²) in [4.78, 5) is 20.3. The Morgan fingerprint density at radius 2 is 1.70 bits per heavy atom. The first kappa shape index (κ1) is 15.9. The second-order valence-corrected chi connectivity index (χ2v) is 6.97. The largest absolute Gasteiger partial charge is 0.339 e. The fourth-order valence-corrected chi connectivity index (χ4v) is 3.68. The van der Waals surface area contributed by atoms with Gasteiger partial charge in [0.15, 0.2) is 0 Å². The van der Waals surface area contributed by atoms with Gasteiger partial charge >= 0.3 is 0 Å². The lowest BCUT2D eigenvalue weighted by molar-refractivity contribution is 0.504. The maximum atomic E-state index is 4.70. The smallest absolute Gasteiger partial charge is 0.225 e. The molecule has 0 spiro atoms. The Balaban J connectivity index is 1.42. The van der Waals surface area contributed by atoms with E-state index < -0.39 is 0 Å². The van der Waals surface area contributed by atoms with E-state index in [1.807, 2.05) is 36.7 Å². The van der Waals surface area contributed by atoms with E-state index in [-0.39, 0.29) is 0 Å². The highest BCUT2D eigenvalue weighted by molar-refractivity contribution is 5.78. The Morgan fingerprint density at radius 1 is 0.889 bits per heavy atom. The molecule has 27 heavy (non-hydrogen) atoms. The SMILES string of the molecule is Cc1ccccc1-c1cncnc1C1CN(c2ncc3ccccc3n2)C1. The number of aryl methyl sites for hydroxylation is 1. The van der Waals surface area contributed by atoms with Crippen LogP contribution in [-0.2, 0) is 0 Å². The van der Waals surface area contributed by atoms with Crippen LogP contribution in [0.1, 0.15) is 17.2 Å². The van der Waals surface area contributed by atoms with Crippen LogP contribution in [0.3, 0.4) is 0 Å². The summed E-state index contributed by atoms with van der Waals surface area (Å²) in [7, 11) is 0. The third-order valence-corrected chi connectivity index (χ3v) is 5.21. The molecule has 1 saturated heterocycles. The molecule has 0 radical (unpaired) electrons. The van der Waals surface area contributed by atoms with Gasteiger partial charge in [-0.1, -0.05) is 42.5 Å². The number of para-hydroxylation sites is 1. The zero-order valence-electron chi connectivity index (χ0n) is 15.1. The average molecular weight is 353 g/mol. The van der Waals surface area contributed by atoms with Crippen LogP contribution >= 0.6 is 0 Å². The fourth-order valence-electron chi connectivity index (χ4n) is 3.68. The predicted molar refractivity (Wildman–Crippen MR) is 107 cm³/mol. The molecule has 1 fully saturated rings. The molecule has 0 aliphatic carbocycles. The molecule has 0 amide bonds. The lowest BCUT2D eigenvalue weighted by Gasteiger charge is -2.39. The van der Waals surface area contributed by atoms with Crippen LogP contribution in [-0.4, -0.2) is 33.0 Å². The van der Waals surface area contributed by atoms with E-state index in [2.05, 4.69) is 51.0 Å². The third kappa shape index (κ3) is 2.81. The maximum Gasteiger partial charge on any atom is 0.225 e. The van der Waals surface area contributed by atoms with Gasteiger partial charge in [-0.2, -0.15) is 0 Å². The molecule has 0 saturated carbocycles. The Hall–Kier alpha value is -3.34. The standard InChI is InChI=1S/C22H19N5/c1-15-6-2-4-8-18(15)19-11-23-14-25-21(19)17-12-27(13-17)22-24-10-16-7-3-5-9-20(16)26-22/h2-11,14,17H,12-13H2,1H3. The van der Waals surface area contributed by atoms with Crippen molar-refractivity contribution >= 4 is 16.9 Å². The van der Waals surface area contributed by atoms with E-state index in [1.165, 1.54) is 11.1 Å². The molecule has 132 valence electrons. The van der Waals surface area contributed by atoms with Gasteiger partial charge in [-0.3, -0.25) is 0 Å². The maximum absolute atomic E-state index is 4.70. The van der Waals surface area contributed by atoms with E-state index in [1.54, 1.807) is 6.33 Å². The first-order valence-electron chi connectivity index (χ1n) is 9.12. The molecule has 0 bridgehead atoms. The van der Waals surface area contributed by atoms with E-state index in [0.717, 1.165) is 41.2 Å². The molecule has 0 unspecified atom stereocenters. The van der Waals surface area contributed by atoms with Gasteiger partial charge in [0.1, 0.15) is 6.33 Å². The molecule has 5 rings (SSSR count). The minimum atomic E-state index is 0.359. The van der Waals surface area contributed by atoms with Crippen LogP contribution in [0.4, 0.5) is 5.95 Å². The Morgan fingerprint density at radius 3 is 2.59 bits per heavy atom. The zero-order valence-corrected chi connectivity index (χ0v) is 15.1. The lowest BCUT2D eigenvalue weighted by Crippen LogP contribution is -2.46. The van der Waals surface area contributed by atoms with Crippen LogP contribution in [0.25, 0.3) is 22.0 Å². The van der Waals surface area contributed by atoms with Crippen molar-refractivity contribution in [1.29, 1.82) is 0 Å². The van der Waals surface area contributed by atoms with Gasteiger partial charge in [0.25, 0.3) is 0 Å². The van der Waals surface area contributed by atoms with Crippen molar-refractivity contribution in [1.82, 2.24) is 19.9 Å². The Labute approximate surface area is 157 Å². The second-order valence-electron chi connectivity index (χ2n) is 6.97. The second kappa shape index (κ2) is 6.43. The number of nitrogens with zero attached hydrogens (tertiary/aromatic N) is 5. The van der Waals surface area contributed by atoms with Crippen LogP contribution in [0.15, 0.2) is 67.3 Å². The van der Waals surface area contributed by atoms with Gasteiger partial charge in [-0.05, 0) is 24.1 Å². The molecule has 3 heterocycles.